The summed E-state index contributed by atoms with van der Waals surface area (Å²) in [7, 11) is 0. The predicted octanol–water partition coefficient (Wildman–Crippen LogP) is 2.09. The fourth-order valence-electron chi connectivity index (χ4n) is 3.23. The summed E-state index contributed by atoms with van der Waals surface area (Å²) < 4.78 is 5.73. The van der Waals surface area contributed by atoms with Crippen molar-refractivity contribution in [3.63, 3.8) is 0 Å². The molecular weight excluding hydrogens is 366 g/mol. The van der Waals surface area contributed by atoms with E-state index in [0.717, 1.165) is 37.9 Å². The third-order valence-corrected chi connectivity index (χ3v) is 4.99. The second-order valence-corrected chi connectivity index (χ2v) is 8.28. The Morgan fingerprint density at radius 1 is 1.07 bits per heavy atom. The Bertz CT molecular complexity index is 766. The first-order valence-corrected chi connectivity index (χ1v) is 10.2. The van der Waals surface area contributed by atoms with Crippen LogP contribution in [-0.4, -0.2) is 66.7 Å². The number of carbonyl (C=O) groups is 1. The number of carbonyl (C=O) groups excluding carboxylic acids is 1. The molecule has 0 saturated carbocycles. The molecule has 0 aliphatic carbocycles. The van der Waals surface area contributed by atoms with Gasteiger partial charge in [0.15, 0.2) is 0 Å². The van der Waals surface area contributed by atoms with E-state index in [4.69, 9.17) is 4.74 Å². The molecule has 1 fully saturated rings. The van der Waals surface area contributed by atoms with E-state index in [-0.39, 0.29) is 11.3 Å². The number of anilines is 1. The largest absolute Gasteiger partial charge is 0.492 e. The summed E-state index contributed by atoms with van der Waals surface area (Å²) in [5.41, 5.74) is 1.41. The highest BCUT2D eigenvalue weighted by Crippen LogP contribution is 2.24. The summed E-state index contributed by atoms with van der Waals surface area (Å²) in [4.78, 5) is 25.0. The van der Waals surface area contributed by atoms with Crippen LogP contribution in [0, 0.1) is 0 Å². The van der Waals surface area contributed by atoms with E-state index < -0.39 is 0 Å². The average molecular weight is 398 g/mol. The highest BCUT2D eigenvalue weighted by Gasteiger charge is 2.20. The van der Waals surface area contributed by atoms with Crippen molar-refractivity contribution in [2.24, 2.45) is 0 Å². The number of benzene rings is 1. The third kappa shape index (κ3) is 6.42. The standard InChI is InChI=1S/C22H31N5O2/c1-22(2,3)18-5-7-19(8-6-18)29-16-11-23-20(28)17-26-12-14-27(15-13-26)21-24-9-4-10-25-21/h4-10H,11-17H2,1-3H3,(H,23,28). The van der Waals surface area contributed by atoms with Crippen LogP contribution in [0.4, 0.5) is 5.95 Å². The summed E-state index contributed by atoms with van der Waals surface area (Å²) in [6.45, 7) is 11.2. The van der Waals surface area contributed by atoms with Crippen molar-refractivity contribution < 1.29 is 9.53 Å². The molecule has 1 amide bonds. The monoisotopic (exact) mass is 397 g/mol. The Labute approximate surface area is 173 Å². The van der Waals surface area contributed by atoms with Gasteiger partial charge in [-0.2, -0.15) is 0 Å². The lowest BCUT2D eigenvalue weighted by Gasteiger charge is -2.34. The molecule has 0 radical (unpaired) electrons. The van der Waals surface area contributed by atoms with Gasteiger partial charge in [-0.15, -0.1) is 0 Å². The molecule has 1 aliphatic heterocycles. The van der Waals surface area contributed by atoms with Gasteiger partial charge in [-0.1, -0.05) is 32.9 Å². The van der Waals surface area contributed by atoms with Crippen molar-refractivity contribution in [2.45, 2.75) is 26.2 Å². The molecule has 1 aromatic heterocycles. The lowest BCUT2D eigenvalue weighted by Crippen LogP contribution is -2.50. The van der Waals surface area contributed by atoms with E-state index in [2.05, 4.69) is 58.0 Å². The summed E-state index contributed by atoms with van der Waals surface area (Å²) >= 11 is 0. The predicted molar refractivity (Wildman–Crippen MR) is 114 cm³/mol. The minimum Gasteiger partial charge on any atom is -0.492 e. The van der Waals surface area contributed by atoms with Crippen LogP contribution >= 0.6 is 0 Å². The molecule has 7 heteroatoms. The van der Waals surface area contributed by atoms with Gasteiger partial charge < -0.3 is 15.0 Å². The van der Waals surface area contributed by atoms with E-state index >= 15 is 0 Å². The molecule has 3 rings (SSSR count). The van der Waals surface area contributed by atoms with Gasteiger partial charge in [0.05, 0.1) is 13.1 Å². The number of nitrogens with zero attached hydrogens (tertiary/aromatic N) is 4. The van der Waals surface area contributed by atoms with Crippen molar-refractivity contribution in [3.05, 3.63) is 48.3 Å². The molecular formula is C22H31N5O2. The van der Waals surface area contributed by atoms with Crippen LogP contribution in [0.5, 0.6) is 5.75 Å². The number of hydrogen-bond acceptors (Lipinski definition) is 6. The summed E-state index contributed by atoms with van der Waals surface area (Å²) in [5.74, 6) is 1.61. The molecule has 0 bridgehead atoms. The smallest absolute Gasteiger partial charge is 0.234 e. The number of aromatic nitrogens is 2. The van der Waals surface area contributed by atoms with Gasteiger partial charge in [0, 0.05) is 38.6 Å². The van der Waals surface area contributed by atoms with E-state index in [0.29, 0.717) is 19.7 Å². The molecule has 1 aromatic carbocycles. The van der Waals surface area contributed by atoms with E-state index in [1.807, 2.05) is 18.2 Å². The summed E-state index contributed by atoms with van der Waals surface area (Å²) in [5, 5.41) is 2.93. The molecule has 2 aromatic rings. The minimum absolute atomic E-state index is 0.0288. The van der Waals surface area contributed by atoms with Crippen LogP contribution < -0.4 is 15.0 Å². The molecule has 7 nitrogen and oxygen atoms in total. The summed E-state index contributed by atoms with van der Waals surface area (Å²) in [6.07, 6.45) is 3.51. The number of hydrogen-bond donors (Lipinski definition) is 1. The highest BCUT2D eigenvalue weighted by atomic mass is 16.5. The van der Waals surface area contributed by atoms with Gasteiger partial charge in [0.25, 0.3) is 0 Å². The Kier molecular flexibility index (Phi) is 7.04. The molecule has 1 saturated heterocycles. The number of nitrogens with one attached hydrogen (secondary N) is 1. The topological polar surface area (TPSA) is 70.6 Å². The van der Waals surface area contributed by atoms with Crippen molar-refractivity contribution in [1.82, 2.24) is 20.2 Å². The van der Waals surface area contributed by atoms with Gasteiger partial charge in [-0.05, 0) is 29.2 Å². The zero-order chi connectivity index (χ0) is 20.7. The molecule has 0 spiro atoms. The van der Waals surface area contributed by atoms with E-state index in [9.17, 15) is 4.79 Å². The number of amides is 1. The van der Waals surface area contributed by atoms with Gasteiger partial charge in [0.2, 0.25) is 11.9 Å². The van der Waals surface area contributed by atoms with E-state index in [1.54, 1.807) is 12.4 Å². The second-order valence-electron chi connectivity index (χ2n) is 8.28. The first kappa shape index (κ1) is 21.0. The molecule has 2 heterocycles. The summed E-state index contributed by atoms with van der Waals surface area (Å²) in [6, 6.07) is 9.97. The quantitative estimate of drug-likeness (QED) is 0.722. The zero-order valence-electron chi connectivity index (χ0n) is 17.6. The fraction of sp³-hybridized carbons (Fsp3) is 0.500. The molecule has 1 N–H and O–H groups in total. The minimum atomic E-state index is 0.0288. The fourth-order valence-corrected chi connectivity index (χ4v) is 3.23. The molecule has 0 atom stereocenters. The van der Waals surface area contributed by atoms with Crippen LogP contribution in [0.1, 0.15) is 26.3 Å². The van der Waals surface area contributed by atoms with Gasteiger partial charge in [-0.3, -0.25) is 9.69 Å². The maximum atomic E-state index is 12.2. The third-order valence-electron chi connectivity index (χ3n) is 4.99. The molecule has 29 heavy (non-hydrogen) atoms. The van der Waals surface area contributed by atoms with Crippen molar-refractivity contribution >= 4 is 11.9 Å². The first-order valence-electron chi connectivity index (χ1n) is 10.2. The number of rotatable bonds is 7. The molecule has 156 valence electrons. The van der Waals surface area contributed by atoms with Gasteiger partial charge in [-0.25, -0.2) is 9.97 Å². The van der Waals surface area contributed by atoms with Crippen molar-refractivity contribution in [1.29, 1.82) is 0 Å². The normalized spacial score (nSPS) is 15.2. The van der Waals surface area contributed by atoms with Crippen LogP contribution in [0.25, 0.3) is 0 Å². The SMILES string of the molecule is CC(C)(C)c1ccc(OCCNC(=O)CN2CCN(c3ncccn3)CC2)cc1. The van der Waals surface area contributed by atoms with Crippen molar-refractivity contribution in [3.8, 4) is 5.75 Å². The lowest BCUT2D eigenvalue weighted by atomic mass is 9.87. The Morgan fingerprint density at radius 2 is 1.72 bits per heavy atom. The van der Waals surface area contributed by atoms with Gasteiger partial charge >= 0.3 is 0 Å². The number of ether oxygens (including phenoxy) is 1. The van der Waals surface area contributed by atoms with Gasteiger partial charge in [0.1, 0.15) is 12.4 Å². The van der Waals surface area contributed by atoms with E-state index in [1.165, 1.54) is 5.56 Å². The maximum Gasteiger partial charge on any atom is 0.234 e. The zero-order valence-corrected chi connectivity index (χ0v) is 17.6. The van der Waals surface area contributed by atoms with Crippen LogP contribution in [-0.2, 0) is 10.2 Å². The Morgan fingerprint density at radius 3 is 2.34 bits per heavy atom. The first-order chi connectivity index (χ1) is 13.9. The van der Waals surface area contributed by atoms with Crippen LogP contribution in [0.2, 0.25) is 0 Å². The maximum absolute atomic E-state index is 12.2. The molecule has 1 aliphatic rings. The van der Waals surface area contributed by atoms with Crippen LogP contribution in [0.3, 0.4) is 0 Å². The highest BCUT2D eigenvalue weighted by molar-refractivity contribution is 5.78. The van der Waals surface area contributed by atoms with Crippen molar-refractivity contribution in [2.75, 3.05) is 50.8 Å². The number of piperazine rings is 1. The van der Waals surface area contributed by atoms with Crippen LogP contribution in [0.15, 0.2) is 42.7 Å². The average Bonchev–Trinajstić information content (AvgIpc) is 2.72. The Hall–Kier alpha value is -2.67. The lowest BCUT2D eigenvalue weighted by molar-refractivity contribution is -0.122. The second kappa shape index (κ2) is 9.69. The molecule has 0 unspecified atom stereocenters. The Balaban J connectivity index is 1.31.